The van der Waals surface area contributed by atoms with Gasteiger partial charge in [-0.25, -0.2) is 18.7 Å². The molecule has 12 nitrogen and oxygen atoms in total. The summed E-state index contributed by atoms with van der Waals surface area (Å²) in [5.74, 6) is 1.89. The van der Waals surface area contributed by atoms with E-state index in [1.54, 1.807) is 32.6 Å². The molecule has 0 amide bonds. The van der Waals surface area contributed by atoms with Gasteiger partial charge in [-0.1, -0.05) is 63.1 Å². The van der Waals surface area contributed by atoms with Crippen molar-refractivity contribution in [2.45, 2.75) is 103 Å². The Morgan fingerprint density at radius 3 is 1.47 bits per heavy atom. The first-order valence-electron chi connectivity index (χ1n) is 20.2. The largest absolute Gasteiger partial charge is 0.351 e. The number of pyridine rings is 2. The molecule has 0 aromatic carbocycles. The molecule has 0 radical (unpaired) electrons. The minimum atomic E-state index is -0.405. The van der Waals surface area contributed by atoms with E-state index in [1.807, 2.05) is 12.4 Å². The lowest BCUT2D eigenvalue weighted by molar-refractivity contribution is 0.601. The number of halogens is 2. The van der Waals surface area contributed by atoms with Crippen LogP contribution in [-0.2, 0) is 0 Å². The number of hydrogen-bond donors (Lipinski definition) is 2. The molecule has 58 heavy (non-hydrogen) atoms. The number of nitrogens with one attached hydrogen (secondary N) is 2. The van der Waals surface area contributed by atoms with Crippen LogP contribution in [0.5, 0.6) is 0 Å². The first-order valence-corrected chi connectivity index (χ1v) is 20.2. The fourth-order valence-electron chi connectivity index (χ4n) is 8.30. The fraction of sp³-hybridized carbons (Fsp3) is 0.364. The SMILES string of the molecule is CC(C)c1cnn2c(N[C@@H]3CCC4=C(C=CC4)C3)nc(-c3cncc(F)c3)nc12.CC(C)c1cnn2c(N[C@H]3CCC4=C(C=CC4)C3)nc(-c3cncc(F)c3)nc12. The minimum Gasteiger partial charge on any atom is -0.351 e. The van der Waals surface area contributed by atoms with E-state index in [4.69, 9.17) is 19.9 Å². The van der Waals surface area contributed by atoms with E-state index < -0.39 is 11.6 Å². The van der Waals surface area contributed by atoms with Gasteiger partial charge in [-0.05, 0) is 86.5 Å². The first-order chi connectivity index (χ1) is 28.2. The van der Waals surface area contributed by atoms with Gasteiger partial charge in [0.15, 0.2) is 22.9 Å². The van der Waals surface area contributed by atoms with Gasteiger partial charge in [-0.2, -0.15) is 29.2 Å². The number of nitrogens with zero attached hydrogens (tertiary/aromatic N) is 10. The number of allylic oxidation sites excluding steroid dienone is 6. The van der Waals surface area contributed by atoms with Crippen molar-refractivity contribution in [3.05, 3.63) is 119 Å². The summed E-state index contributed by atoms with van der Waals surface area (Å²) in [6.07, 6.45) is 26.7. The third-order valence-electron chi connectivity index (χ3n) is 11.4. The van der Waals surface area contributed by atoms with Crippen LogP contribution in [0, 0.1) is 11.6 Å². The third kappa shape index (κ3) is 7.50. The minimum absolute atomic E-state index is 0.264. The molecule has 6 aromatic heterocycles. The number of aromatic nitrogens is 10. The van der Waals surface area contributed by atoms with Gasteiger partial charge in [0.2, 0.25) is 11.9 Å². The average Bonchev–Trinajstić information content (AvgIpc) is 4.04. The van der Waals surface area contributed by atoms with Crippen molar-refractivity contribution < 1.29 is 8.78 Å². The Morgan fingerprint density at radius 1 is 0.603 bits per heavy atom. The lowest BCUT2D eigenvalue weighted by Gasteiger charge is -2.25. The number of fused-ring (bicyclic) bond motifs is 2. The third-order valence-corrected chi connectivity index (χ3v) is 11.4. The van der Waals surface area contributed by atoms with Gasteiger partial charge in [0.05, 0.1) is 24.8 Å². The molecule has 2 atom stereocenters. The molecule has 6 heterocycles. The molecule has 0 spiro atoms. The maximum absolute atomic E-state index is 13.7. The Labute approximate surface area is 335 Å². The summed E-state index contributed by atoms with van der Waals surface area (Å²) >= 11 is 0. The molecular weight excluding hydrogens is 735 g/mol. The highest BCUT2D eigenvalue weighted by atomic mass is 19.1. The van der Waals surface area contributed by atoms with Gasteiger partial charge < -0.3 is 10.6 Å². The molecular formula is C44H46F2N12. The quantitative estimate of drug-likeness (QED) is 0.154. The van der Waals surface area contributed by atoms with Crippen LogP contribution < -0.4 is 10.6 Å². The van der Waals surface area contributed by atoms with Crippen LogP contribution in [0.15, 0.2) is 95.9 Å². The number of hydrogen-bond acceptors (Lipinski definition) is 10. The second-order valence-electron chi connectivity index (χ2n) is 16.1. The van der Waals surface area contributed by atoms with Gasteiger partial charge in [-0.3, -0.25) is 9.97 Å². The van der Waals surface area contributed by atoms with Gasteiger partial charge in [-0.15, -0.1) is 0 Å². The standard InChI is InChI=1S/2C22H23FN6/c2*1-13(2)19-12-25-29-21(19)27-20(16-8-17(23)11-24-10-16)28-22(29)26-18-7-6-14-4-3-5-15(14)9-18/h2*3,5,8,10-13,18H,4,6-7,9H2,1-2H3,(H,26,27,28)/t2*18-/m10/s1. The molecule has 0 aliphatic heterocycles. The molecule has 14 heteroatoms. The molecule has 296 valence electrons. The highest BCUT2D eigenvalue weighted by Gasteiger charge is 2.26. The van der Waals surface area contributed by atoms with Crippen LogP contribution in [0.2, 0.25) is 0 Å². The van der Waals surface area contributed by atoms with Crippen LogP contribution in [0.4, 0.5) is 20.7 Å². The zero-order chi connectivity index (χ0) is 39.9. The van der Waals surface area contributed by atoms with Crippen LogP contribution in [-0.4, -0.2) is 61.2 Å². The molecule has 0 saturated carbocycles. The first kappa shape index (κ1) is 37.4. The molecule has 2 N–H and O–H groups in total. The van der Waals surface area contributed by atoms with Crippen molar-refractivity contribution in [1.82, 2.24) is 49.1 Å². The lowest BCUT2D eigenvalue weighted by Crippen LogP contribution is -2.25. The van der Waals surface area contributed by atoms with E-state index in [2.05, 4.69) is 82.8 Å². The Bertz CT molecular complexity index is 2470. The zero-order valence-electron chi connectivity index (χ0n) is 33.1. The number of rotatable bonds is 8. The summed E-state index contributed by atoms with van der Waals surface area (Å²) in [6.45, 7) is 8.43. The molecule has 0 bridgehead atoms. The highest BCUT2D eigenvalue weighted by molar-refractivity contribution is 5.63. The van der Waals surface area contributed by atoms with E-state index in [0.717, 1.165) is 73.8 Å². The lowest BCUT2D eigenvalue weighted by atomic mass is 9.90. The second-order valence-corrected chi connectivity index (χ2v) is 16.1. The van der Waals surface area contributed by atoms with E-state index in [9.17, 15) is 8.78 Å². The van der Waals surface area contributed by atoms with Gasteiger partial charge in [0.25, 0.3) is 0 Å². The van der Waals surface area contributed by atoms with Crippen molar-refractivity contribution in [2.24, 2.45) is 0 Å². The fourth-order valence-corrected chi connectivity index (χ4v) is 8.30. The Balaban J connectivity index is 0.000000150. The van der Waals surface area contributed by atoms with Gasteiger partial charge in [0.1, 0.15) is 11.6 Å². The van der Waals surface area contributed by atoms with E-state index in [-0.39, 0.29) is 23.9 Å². The van der Waals surface area contributed by atoms with Crippen molar-refractivity contribution >= 4 is 23.2 Å². The molecule has 0 saturated heterocycles. The maximum atomic E-state index is 13.7. The van der Waals surface area contributed by atoms with Crippen LogP contribution in [0.25, 0.3) is 34.1 Å². The zero-order valence-corrected chi connectivity index (χ0v) is 33.1. The summed E-state index contributed by atoms with van der Waals surface area (Å²) in [5, 5.41) is 16.2. The predicted octanol–water partition coefficient (Wildman–Crippen LogP) is 9.34. The monoisotopic (exact) mass is 780 g/mol. The predicted molar refractivity (Wildman–Crippen MR) is 220 cm³/mol. The van der Waals surface area contributed by atoms with Crippen molar-refractivity contribution in [1.29, 1.82) is 0 Å². The van der Waals surface area contributed by atoms with Gasteiger partial charge in [0, 0.05) is 46.7 Å². The average molecular weight is 781 g/mol. The molecule has 0 unspecified atom stereocenters. The van der Waals surface area contributed by atoms with E-state index >= 15 is 0 Å². The summed E-state index contributed by atoms with van der Waals surface area (Å²) in [4.78, 5) is 26.7. The van der Waals surface area contributed by atoms with E-state index in [1.165, 1.54) is 35.7 Å². The topological polar surface area (TPSA) is 136 Å². The molecule has 4 aliphatic rings. The summed E-state index contributed by atoms with van der Waals surface area (Å²) in [5.41, 5.74) is 10.7. The van der Waals surface area contributed by atoms with Crippen molar-refractivity contribution in [3.8, 4) is 22.8 Å². The number of anilines is 2. The molecule has 0 fully saturated rings. The summed E-state index contributed by atoms with van der Waals surface area (Å²) < 4.78 is 31.0. The summed E-state index contributed by atoms with van der Waals surface area (Å²) in [6, 6.07) is 3.38. The molecule has 10 rings (SSSR count). The Hall–Kier alpha value is -6.18. The maximum Gasteiger partial charge on any atom is 0.228 e. The molecule has 6 aromatic rings. The highest BCUT2D eigenvalue weighted by Crippen LogP contribution is 2.36. The van der Waals surface area contributed by atoms with Crippen LogP contribution in [0.1, 0.15) is 102 Å². The molecule has 4 aliphatic carbocycles. The smallest absolute Gasteiger partial charge is 0.228 e. The normalized spacial score (nSPS) is 18.7. The van der Waals surface area contributed by atoms with Crippen LogP contribution in [0.3, 0.4) is 0 Å². The van der Waals surface area contributed by atoms with Crippen molar-refractivity contribution in [3.63, 3.8) is 0 Å². The van der Waals surface area contributed by atoms with Crippen molar-refractivity contribution in [2.75, 3.05) is 10.6 Å². The Morgan fingerprint density at radius 2 is 1.05 bits per heavy atom. The van der Waals surface area contributed by atoms with Gasteiger partial charge >= 0.3 is 0 Å². The summed E-state index contributed by atoms with van der Waals surface area (Å²) in [7, 11) is 0. The van der Waals surface area contributed by atoms with Crippen LogP contribution >= 0.6 is 0 Å². The Kier molecular flexibility index (Phi) is 10.1. The second kappa shape index (κ2) is 15.6. The van der Waals surface area contributed by atoms with E-state index in [0.29, 0.717) is 34.7 Å².